The second-order valence-corrected chi connectivity index (χ2v) is 3.93. The molecule has 2 heterocycles. The van der Waals surface area contributed by atoms with Crippen molar-refractivity contribution in [3.8, 4) is 0 Å². The Bertz CT molecular complexity index is 636. The van der Waals surface area contributed by atoms with Crippen molar-refractivity contribution in [1.82, 2.24) is 14.5 Å². The van der Waals surface area contributed by atoms with Gasteiger partial charge in [-0.3, -0.25) is 9.59 Å². The number of rotatable bonds is 2. The van der Waals surface area contributed by atoms with Gasteiger partial charge in [-0.25, -0.2) is 9.97 Å². The third-order valence-corrected chi connectivity index (χ3v) is 2.39. The molecule has 18 heavy (non-hydrogen) atoms. The van der Waals surface area contributed by atoms with Crippen LogP contribution in [-0.4, -0.2) is 20.4 Å². The lowest BCUT2D eigenvalue weighted by molar-refractivity contribution is 0.102. The van der Waals surface area contributed by atoms with E-state index in [-0.39, 0.29) is 16.4 Å². The first-order valence-electron chi connectivity index (χ1n) is 5.02. The van der Waals surface area contributed by atoms with Crippen LogP contribution in [0.5, 0.6) is 0 Å². The number of aryl methyl sites for hydroxylation is 1. The van der Waals surface area contributed by atoms with E-state index >= 15 is 0 Å². The first-order chi connectivity index (χ1) is 8.56. The number of halogens is 1. The van der Waals surface area contributed by atoms with Gasteiger partial charge in [-0.1, -0.05) is 11.6 Å². The molecule has 1 N–H and O–H groups in total. The molecule has 0 saturated carbocycles. The second-order valence-electron chi connectivity index (χ2n) is 3.55. The highest BCUT2D eigenvalue weighted by Gasteiger charge is 2.08. The molecule has 0 aliphatic carbocycles. The van der Waals surface area contributed by atoms with Crippen molar-refractivity contribution in [3.05, 3.63) is 51.9 Å². The fourth-order valence-corrected chi connectivity index (χ4v) is 1.39. The number of anilines is 1. The van der Waals surface area contributed by atoms with Gasteiger partial charge in [-0.2, -0.15) is 0 Å². The molecule has 2 rings (SSSR count). The number of aromatic nitrogens is 3. The summed E-state index contributed by atoms with van der Waals surface area (Å²) in [6.45, 7) is 0. The Labute approximate surface area is 107 Å². The van der Waals surface area contributed by atoms with Gasteiger partial charge in [0.25, 0.3) is 5.91 Å². The molecule has 2 aromatic rings. The number of nitrogens with one attached hydrogen (secondary N) is 1. The van der Waals surface area contributed by atoms with Crippen LogP contribution >= 0.6 is 11.6 Å². The minimum Gasteiger partial charge on any atom is -0.319 e. The monoisotopic (exact) mass is 264 g/mol. The maximum absolute atomic E-state index is 11.8. The predicted octanol–water partition coefficient (Wildman–Crippen LogP) is 1.08. The molecular weight excluding hydrogens is 256 g/mol. The smallest absolute Gasteiger partial charge is 0.275 e. The second kappa shape index (κ2) is 4.97. The summed E-state index contributed by atoms with van der Waals surface area (Å²) in [5.41, 5.74) is 0.492. The van der Waals surface area contributed by atoms with Crippen molar-refractivity contribution in [2.45, 2.75) is 0 Å². The lowest BCUT2D eigenvalue weighted by Gasteiger charge is -2.05. The summed E-state index contributed by atoms with van der Waals surface area (Å²) in [4.78, 5) is 30.6. The van der Waals surface area contributed by atoms with E-state index in [2.05, 4.69) is 15.3 Å². The van der Waals surface area contributed by atoms with Gasteiger partial charge in [-0.15, -0.1) is 0 Å². The third kappa shape index (κ3) is 2.72. The zero-order chi connectivity index (χ0) is 13.1. The summed E-state index contributed by atoms with van der Waals surface area (Å²) in [7, 11) is 1.60. The van der Waals surface area contributed by atoms with Gasteiger partial charge in [0, 0.05) is 19.3 Å². The summed E-state index contributed by atoms with van der Waals surface area (Å²) >= 11 is 5.57. The van der Waals surface area contributed by atoms with Crippen LogP contribution in [0.2, 0.25) is 5.15 Å². The molecule has 0 bridgehead atoms. The molecule has 0 fully saturated rings. The van der Waals surface area contributed by atoms with E-state index in [1.54, 1.807) is 7.05 Å². The highest BCUT2D eigenvalue weighted by molar-refractivity contribution is 6.29. The van der Waals surface area contributed by atoms with Crippen LogP contribution in [0.4, 0.5) is 5.69 Å². The van der Waals surface area contributed by atoms with Crippen molar-refractivity contribution < 1.29 is 4.79 Å². The summed E-state index contributed by atoms with van der Waals surface area (Å²) < 4.78 is 1.36. The molecule has 0 aliphatic rings. The molecule has 2 aromatic heterocycles. The van der Waals surface area contributed by atoms with Crippen molar-refractivity contribution in [3.63, 3.8) is 0 Å². The largest absolute Gasteiger partial charge is 0.319 e. The molecule has 0 radical (unpaired) electrons. The van der Waals surface area contributed by atoms with Crippen molar-refractivity contribution in [2.24, 2.45) is 7.05 Å². The topological polar surface area (TPSA) is 76.9 Å². The molecule has 0 atom stereocenters. The summed E-state index contributed by atoms with van der Waals surface area (Å²) in [6.07, 6.45) is 4.08. The molecule has 6 nitrogen and oxygen atoms in total. The number of hydrogen-bond acceptors (Lipinski definition) is 4. The van der Waals surface area contributed by atoms with Gasteiger partial charge in [0.15, 0.2) is 0 Å². The van der Waals surface area contributed by atoms with Crippen molar-refractivity contribution in [1.29, 1.82) is 0 Å². The van der Waals surface area contributed by atoms with Crippen LogP contribution in [0.15, 0.2) is 35.5 Å². The number of pyridine rings is 1. The fourth-order valence-electron chi connectivity index (χ4n) is 1.29. The van der Waals surface area contributed by atoms with Crippen LogP contribution in [0.1, 0.15) is 10.5 Å². The van der Waals surface area contributed by atoms with Gasteiger partial charge in [0.05, 0.1) is 18.1 Å². The number of amides is 1. The molecule has 0 saturated heterocycles. The highest BCUT2D eigenvalue weighted by Crippen LogP contribution is 2.06. The third-order valence-electron chi connectivity index (χ3n) is 2.20. The summed E-state index contributed by atoms with van der Waals surface area (Å²) in [6, 6.07) is 2.88. The Morgan fingerprint density at radius 2 is 2.11 bits per heavy atom. The van der Waals surface area contributed by atoms with E-state index in [4.69, 9.17) is 11.6 Å². The van der Waals surface area contributed by atoms with Crippen molar-refractivity contribution in [2.75, 3.05) is 5.32 Å². The Balaban J connectivity index is 2.18. The number of carbonyl (C=O) groups excluding carboxylic acids is 1. The van der Waals surface area contributed by atoms with Gasteiger partial charge >= 0.3 is 0 Å². The van der Waals surface area contributed by atoms with E-state index in [1.807, 2.05) is 0 Å². The van der Waals surface area contributed by atoms with Crippen LogP contribution in [-0.2, 0) is 7.05 Å². The maximum atomic E-state index is 11.8. The van der Waals surface area contributed by atoms with E-state index in [0.717, 1.165) is 0 Å². The number of nitrogens with zero attached hydrogens (tertiary/aromatic N) is 3. The lowest BCUT2D eigenvalue weighted by Crippen LogP contribution is -2.18. The quantitative estimate of drug-likeness (QED) is 0.881. The van der Waals surface area contributed by atoms with Gasteiger partial charge in [0.2, 0.25) is 5.56 Å². The normalized spacial score (nSPS) is 10.1. The molecule has 1 amide bonds. The van der Waals surface area contributed by atoms with E-state index < -0.39 is 5.91 Å². The molecule has 0 aromatic carbocycles. The molecule has 0 spiro atoms. The van der Waals surface area contributed by atoms with E-state index in [1.165, 1.54) is 35.3 Å². The minimum atomic E-state index is -0.419. The first-order valence-corrected chi connectivity index (χ1v) is 5.39. The average molecular weight is 265 g/mol. The van der Waals surface area contributed by atoms with Crippen LogP contribution in [0.25, 0.3) is 0 Å². The van der Waals surface area contributed by atoms with Crippen LogP contribution < -0.4 is 10.9 Å². The first kappa shape index (κ1) is 12.3. The molecule has 7 heteroatoms. The van der Waals surface area contributed by atoms with Crippen LogP contribution in [0.3, 0.4) is 0 Å². The zero-order valence-corrected chi connectivity index (χ0v) is 10.2. The van der Waals surface area contributed by atoms with Gasteiger partial charge < -0.3 is 9.88 Å². The van der Waals surface area contributed by atoms with Crippen LogP contribution in [0, 0.1) is 0 Å². The van der Waals surface area contributed by atoms with E-state index in [9.17, 15) is 9.59 Å². The molecule has 92 valence electrons. The molecular formula is C11H9ClN4O2. The molecule has 0 unspecified atom stereocenters. The van der Waals surface area contributed by atoms with E-state index in [0.29, 0.717) is 5.69 Å². The Kier molecular flexibility index (Phi) is 3.38. The minimum absolute atomic E-state index is 0.147. The standard InChI is InChI=1S/C11H9ClN4O2/c1-16-6-7(2-3-10(16)17)15-11(18)8-4-14-9(12)5-13-8/h2-6H,1H3,(H,15,18). The van der Waals surface area contributed by atoms with Gasteiger partial charge in [0.1, 0.15) is 10.8 Å². The SMILES string of the molecule is Cn1cc(NC(=O)c2cnc(Cl)cn2)ccc1=O. The summed E-state index contributed by atoms with van der Waals surface area (Å²) in [5, 5.41) is 2.82. The Hall–Kier alpha value is -2.21. The molecule has 0 aliphatic heterocycles. The number of carbonyl (C=O) groups is 1. The van der Waals surface area contributed by atoms with Gasteiger partial charge in [-0.05, 0) is 6.07 Å². The Morgan fingerprint density at radius 1 is 1.33 bits per heavy atom. The maximum Gasteiger partial charge on any atom is 0.275 e. The Morgan fingerprint density at radius 3 is 2.72 bits per heavy atom. The van der Waals surface area contributed by atoms with Crippen molar-refractivity contribution >= 4 is 23.2 Å². The average Bonchev–Trinajstić information content (AvgIpc) is 2.34. The summed E-state index contributed by atoms with van der Waals surface area (Å²) in [5.74, 6) is -0.419. The highest BCUT2D eigenvalue weighted by atomic mass is 35.5. The zero-order valence-electron chi connectivity index (χ0n) is 9.42. The fraction of sp³-hybridized carbons (Fsp3) is 0.0909. The lowest BCUT2D eigenvalue weighted by atomic mass is 10.3. The number of hydrogen-bond donors (Lipinski definition) is 1. The predicted molar refractivity (Wildman–Crippen MR) is 66.7 cm³/mol.